The molecule has 0 saturated heterocycles. The van der Waals surface area contributed by atoms with Crippen molar-refractivity contribution in [3.63, 3.8) is 0 Å². The number of benzene rings is 2. The number of nitrogens with two attached hydrogens (primary N) is 1. The molecule has 1 heterocycles. The van der Waals surface area contributed by atoms with E-state index in [9.17, 15) is 12.8 Å². The molecule has 2 aromatic carbocycles. The molecule has 0 radical (unpaired) electrons. The summed E-state index contributed by atoms with van der Waals surface area (Å²) in [4.78, 5) is 6.35. The number of para-hydroxylation sites is 2. The molecule has 108 valence electrons. The predicted molar refractivity (Wildman–Crippen MR) is 77.7 cm³/mol. The van der Waals surface area contributed by atoms with Gasteiger partial charge in [0.2, 0.25) is 5.95 Å². The summed E-state index contributed by atoms with van der Waals surface area (Å²) in [6, 6.07) is 10.4. The van der Waals surface area contributed by atoms with E-state index in [4.69, 9.17) is 5.73 Å². The van der Waals surface area contributed by atoms with E-state index >= 15 is 0 Å². The van der Waals surface area contributed by atoms with Crippen molar-refractivity contribution in [2.75, 3.05) is 10.5 Å². The Morgan fingerprint density at radius 1 is 1.19 bits per heavy atom. The second-order valence-corrected chi connectivity index (χ2v) is 6.05. The first-order chi connectivity index (χ1) is 9.95. The highest BCUT2D eigenvalue weighted by atomic mass is 32.2. The number of halogens is 1. The van der Waals surface area contributed by atoms with E-state index in [0.717, 1.165) is 12.1 Å². The van der Waals surface area contributed by atoms with Crippen LogP contribution in [0.4, 0.5) is 16.0 Å². The van der Waals surface area contributed by atoms with Crippen LogP contribution in [0.2, 0.25) is 0 Å². The SMILES string of the molecule is Nc1ccc(F)c(S(=O)(=O)Nc2nc3ccccc3[nH]2)c1. The van der Waals surface area contributed by atoms with Crippen LogP contribution in [-0.4, -0.2) is 18.4 Å². The number of hydrogen-bond acceptors (Lipinski definition) is 4. The van der Waals surface area contributed by atoms with Crippen LogP contribution < -0.4 is 10.5 Å². The summed E-state index contributed by atoms with van der Waals surface area (Å²) in [5.41, 5.74) is 6.92. The molecule has 0 aliphatic heterocycles. The topological polar surface area (TPSA) is 101 Å². The molecule has 6 nitrogen and oxygen atoms in total. The van der Waals surface area contributed by atoms with Crippen LogP contribution in [0.1, 0.15) is 0 Å². The van der Waals surface area contributed by atoms with Gasteiger partial charge in [0.15, 0.2) is 0 Å². The fourth-order valence-electron chi connectivity index (χ4n) is 1.91. The highest BCUT2D eigenvalue weighted by molar-refractivity contribution is 7.92. The molecule has 1 aromatic heterocycles. The molecule has 0 atom stereocenters. The number of hydrogen-bond donors (Lipinski definition) is 3. The second kappa shape index (κ2) is 4.74. The normalized spacial score (nSPS) is 11.7. The van der Waals surface area contributed by atoms with E-state index in [-0.39, 0.29) is 11.6 Å². The van der Waals surface area contributed by atoms with Crippen LogP contribution in [0.25, 0.3) is 11.0 Å². The smallest absolute Gasteiger partial charge is 0.267 e. The van der Waals surface area contributed by atoms with E-state index in [2.05, 4.69) is 14.7 Å². The highest BCUT2D eigenvalue weighted by Crippen LogP contribution is 2.21. The number of sulfonamides is 1. The lowest BCUT2D eigenvalue weighted by Crippen LogP contribution is -2.15. The molecule has 21 heavy (non-hydrogen) atoms. The van der Waals surface area contributed by atoms with Crippen molar-refractivity contribution in [2.45, 2.75) is 4.90 Å². The average Bonchev–Trinajstić information content (AvgIpc) is 2.82. The maximum atomic E-state index is 13.7. The first kappa shape index (κ1) is 13.4. The van der Waals surface area contributed by atoms with Gasteiger partial charge in [0, 0.05) is 5.69 Å². The van der Waals surface area contributed by atoms with Crippen molar-refractivity contribution in [3.8, 4) is 0 Å². The number of aromatic nitrogens is 2. The fraction of sp³-hybridized carbons (Fsp3) is 0. The average molecular weight is 306 g/mol. The van der Waals surface area contributed by atoms with Crippen molar-refractivity contribution in [1.29, 1.82) is 0 Å². The van der Waals surface area contributed by atoms with Crippen molar-refractivity contribution in [3.05, 3.63) is 48.3 Å². The van der Waals surface area contributed by atoms with Crippen LogP contribution >= 0.6 is 0 Å². The number of aromatic amines is 1. The van der Waals surface area contributed by atoms with E-state index in [0.29, 0.717) is 11.0 Å². The van der Waals surface area contributed by atoms with Crippen molar-refractivity contribution < 1.29 is 12.8 Å². The maximum Gasteiger partial charge on any atom is 0.267 e. The molecule has 4 N–H and O–H groups in total. The third-order valence-electron chi connectivity index (χ3n) is 2.87. The molecule has 0 amide bonds. The number of nitrogens with one attached hydrogen (secondary N) is 2. The van der Waals surface area contributed by atoms with Crippen LogP contribution in [-0.2, 0) is 10.0 Å². The molecule has 3 aromatic rings. The summed E-state index contributed by atoms with van der Waals surface area (Å²) in [6.45, 7) is 0. The number of nitrogen functional groups attached to an aromatic ring is 1. The van der Waals surface area contributed by atoms with Gasteiger partial charge in [-0.15, -0.1) is 0 Å². The monoisotopic (exact) mass is 306 g/mol. The zero-order chi connectivity index (χ0) is 15.0. The van der Waals surface area contributed by atoms with Crippen molar-refractivity contribution in [1.82, 2.24) is 9.97 Å². The standard InChI is InChI=1S/C13H11FN4O2S/c14-9-6-5-8(15)7-12(9)21(19,20)18-13-16-10-3-1-2-4-11(10)17-13/h1-7H,15H2,(H2,16,17,18). The van der Waals surface area contributed by atoms with E-state index < -0.39 is 20.7 Å². The Kier molecular flexibility index (Phi) is 3.02. The largest absolute Gasteiger partial charge is 0.399 e. The zero-order valence-electron chi connectivity index (χ0n) is 10.7. The van der Waals surface area contributed by atoms with E-state index in [1.807, 2.05) is 0 Å². The Morgan fingerprint density at radius 2 is 1.95 bits per heavy atom. The molecule has 3 rings (SSSR count). The summed E-state index contributed by atoms with van der Waals surface area (Å²) in [6.07, 6.45) is 0. The maximum absolute atomic E-state index is 13.7. The Bertz CT molecular complexity index is 888. The summed E-state index contributed by atoms with van der Waals surface area (Å²) in [5, 5.41) is 0. The summed E-state index contributed by atoms with van der Waals surface area (Å²) in [5.74, 6) is -0.870. The molecular weight excluding hydrogens is 295 g/mol. The summed E-state index contributed by atoms with van der Waals surface area (Å²) in [7, 11) is -4.11. The molecule has 0 bridgehead atoms. The summed E-state index contributed by atoms with van der Waals surface area (Å²) >= 11 is 0. The lowest BCUT2D eigenvalue weighted by atomic mass is 10.3. The lowest BCUT2D eigenvalue weighted by molar-refractivity contribution is 0.570. The van der Waals surface area contributed by atoms with Crippen molar-refractivity contribution >= 4 is 32.7 Å². The number of anilines is 2. The van der Waals surface area contributed by atoms with Gasteiger partial charge in [0.1, 0.15) is 10.7 Å². The van der Waals surface area contributed by atoms with Crippen LogP contribution in [0.3, 0.4) is 0 Å². The predicted octanol–water partition coefficient (Wildman–Crippen LogP) is 2.08. The van der Waals surface area contributed by atoms with Gasteiger partial charge in [0.25, 0.3) is 10.0 Å². The van der Waals surface area contributed by atoms with Gasteiger partial charge in [-0.1, -0.05) is 12.1 Å². The number of imidazole rings is 1. The number of nitrogens with zero attached hydrogens (tertiary/aromatic N) is 1. The number of fused-ring (bicyclic) bond motifs is 1. The van der Waals surface area contributed by atoms with Crippen LogP contribution in [0.5, 0.6) is 0 Å². The van der Waals surface area contributed by atoms with Gasteiger partial charge >= 0.3 is 0 Å². The van der Waals surface area contributed by atoms with E-state index in [1.165, 1.54) is 6.07 Å². The third-order valence-corrected chi connectivity index (χ3v) is 4.22. The minimum Gasteiger partial charge on any atom is -0.399 e. The third kappa shape index (κ3) is 2.52. The minimum atomic E-state index is -4.11. The summed E-state index contributed by atoms with van der Waals surface area (Å²) < 4.78 is 40.2. The molecule has 0 aliphatic rings. The fourth-order valence-corrected chi connectivity index (χ4v) is 2.99. The first-order valence-electron chi connectivity index (χ1n) is 5.98. The quantitative estimate of drug-likeness (QED) is 0.645. The highest BCUT2D eigenvalue weighted by Gasteiger charge is 2.21. The van der Waals surface area contributed by atoms with Crippen LogP contribution in [0.15, 0.2) is 47.4 Å². The molecule has 0 saturated carbocycles. The Balaban J connectivity index is 2.01. The number of H-pyrrole nitrogens is 1. The van der Waals surface area contributed by atoms with Crippen molar-refractivity contribution in [2.24, 2.45) is 0 Å². The lowest BCUT2D eigenvalue weighted by Gasteiger charge is -2.07. The zero-order valence-corrected chi connectivity index (χ0v) is 11.5. The van der Waals surface area contributed by atoms with Gasteiger partial charge in [-0.05, 0) is 30.3 Å². The Labute approximate surface area is 119 Å². The van der Waals surface area contributed by atoms with E-state index in [1.54, 1.807) is 24.3 Å². The van der Waals surface area contributed by atoms with Gasteiger partial charge in [-0.3, -0.25) is 0 Å². The molecule has 0 aliphatic carbocycles. The van der Waals surface area contributed by atoms with Crippen LogP contribution in [0, 0.1) is 5.82 Å². The molecule has 0 fully saturated rings. The Morgan fingerprint density at radius 3 is 2.71 bits per heavy atom. The molecule has 0 spiro atoms. The molecular formula is C13H11FN4O2S. The van der Waals surface area contributed by atoms with Gasteiger partial charge in [-0.2, -0.15) is 0 Å². The Hall–Kier alpha value is -2.61. The van der Waals surface area contributed by atoms with Gasteiger partial charge < -0.3 is 10.7 Å². The van der Waals surface area contributed by atoms with Gasteiger partial charge in [0.05, 0.1) is 11.0 Å². The second-order valence-electron chi connectivity index (χ2n) is 4.40. The molecule has 8 heteroatoms. The van der Waals surface area contributed by atoms with Gasteiger partial charge in [-0.25, -0.2) is 22.5 Å². The molecule has 0 unspecified atom stereocenters. The first-order valence-corrected chi connectivity index (χ1v) is 7.46. The minimum absolute atomic E-state index is 0.0121. The number of rotatable bonds is 3.